The van der Waals surface area contributed by atoms with Crippen molar-refractivity contribution >= 4 is 39.1 Å². The molecule has 0 aliphatic carbocycles. The number of rotatable bonds is 3. The van der Waals surface area contributed by atoms with Crippen molar-refractivity contribution in [2.24, 2.45) is 5.73 Å². The van der Waals surface area contributed by atoms with E-state index in [0.717, 1.165) is 4.47 Å². The fourth-order valence-electron chi connectivity index (χ4n) is 1.17. The molecule has 0 heterocycles. The Balaban J connectivity index is 2.98. The summed E-state index contributed by atoms with van der Waals surface area (Å²) in [5, 5.41) is 5.28. The lowest BCUT2D eigenvalue weighted by Gasteiger charge is -2.13. The predicted octanol–water partition coefficient (Wildman–Crippen LogP) is 1.69. The van der Waals surface area contributed by atoms with Crippen LogP contribution in [0.4, 0.5) is 11.4 Å². The SMILES string of the molecule is CC(=O)Nc1ccc(Br)cc1NC(=O)[C@H](C)N. The second kappa shape index (κ2) is 5.79. The maximum absolute atomic E-state index is 11.5. The Kier molecular flexibility index (Phi) is 4.65. The first kappa shape index (κ1) is 13.7. The van der Waals surface area contributed by atoms with Crippen molar-refractivity contribution in [2.45, 2.75) is 19.9 Å². The fourth-order valence-corrected chi connectivity index (χ4v) is 1.53. The van der Waals surface area contributed by atoms with Crippen LogP contribution in [0, 0.1) is 0 Å². The summed E-state index contributed by atoms with van der Waals surface area (Å²) in [6.45, 7) is 2.99. The van der Waals surface area contributed by atoms with Crippen LogP contribution >= 0.6 is 15.9 Å². The zero-order valence-electron chi connectivity index (χ0n) is 9.58. The molecule has 6 heteroatoms. The van der Waals surface area contributed by atoms with Crippen LogP contribution in [0.2, 0.25) is 0 Å². The van der Waals surface area contributed by atoms with Crippen molar-refractivity contribution in [3.05, 3.63) is 22.7 Å². The van der Waals surface area contributed by atoms with Crippen LogP contribution in [0.25, 0.3) is 0 Å². The van der Waals surface area contributed by atoms with Crippen molar-refractivity contribution < 1.29 is 9.59 Å². The van der Waals surface area contributed by atoms with Gasteiger partial charge in [-0.05, 0) is 25.1 Å². The summed E-state index contributed by atoms with van der Waals surface area (Å²) in [5.41, 5.74) is 6.51. The van der Waals surface area contributed by atoms with Gasteiger partial charge in [0.05, 0.1) is 17.4 Å². The van der Waals surface area contributed by atoms with E-state index in [-0.39, 0.29) is 11.8 Å². The third-order valence-electron chi connectivity index (χ3n) is 1.96. The van der Waals surface area contributed by atoms with Gasteiger partial charge in [0.15, 0.2) is 0 Å². The first-order valence-electron chi connectivity index (χ1n) is 5.03. The van der Waals surface area contributed by atoms with Gasteiger partial charge in [0.25, 0.3) is 0 Å². The standard InChI is InChI=1S/C11H14BrN3O2/c1-6(13)11(17)15-10-5-8(12)3-4-9(10)14-7(2)16/h3-6H,13H2,1-2H3,(H,14,16)(H,15,17)/t6-/m0/s1. The zero-order valence-corrected chi connectivity index (χ0v) is 11.2. The van der Waals surface area contributed by atoms with Gasteiger partial charge in [-0.1, -0.05) is 15.9 Å². The molecule has 0 fully saturated rings. The molecule has 0 radical (unpaired) electrons. The number of nitrogens with one attached hydrogen (secondary N) is 2. The molecule has 2 amide bonds. The summed E-state index contributed by atoms with van der Waals surface area (Å²) in [6.07, 6.45) is 0. The normalized spacial score (nSPS) is 11.8. The number of hydrogen-bond donors (Lipinski definition) is 3. The fraction of sp³-hybridized carbons (Fsp3) is 0.273. The van der Waals surface area contributed by atoms with Gasteiger partial charge >= 0.3 is 0 Å². The Bertz CT molecular complexity index is 446. The van der Waals surface area contributed by atoms with Crippen LogP contribution in [0.15, 0.2) is 22.7 Å². The molecule has 0 saturated heterocycles. The van der Waals surface area contributed by atoms with Crippen molar-refractivity contribution in [3.63, 3.8) is 0 Å². The van der Waals surface area contributed by atoms with E-state index in [2.05, 4.69) is 26.6 Å². The van der Waals surface area contributed by atoms with E-state index in [1.807, 2.05) is 0 Å². The minimum atomic E-state index is -0.612. The molecule has 5 nitrogen and oxygen atoms in total. The topological polar surface area (TPSA) is 84.2 Å². The lowest BCUT2D eigenvalue weighted by molar-refractivity contribution is -0.117. The molecule has 4 N–H and O–H groups in total. The number of carbonyl (C=O) groups excluding carboxylic acids is 2. The smallest absolute Gasteiger partial charge is 0.241 e. The number of halogens is 1. The second-order valence-corrected chi connectivity index (χ2v) is 4.56. The molecule has 0 spiro atoms. The van der Waals surface area contributed by atoms with Gasteiger partial charge < -0.3 is 16.4 Å². The Hall–Kier alpha value is -1.40. The summed E-state index contributed by atoms with van der Waals surface area (Å²) < 4.78 is 0.798. The van der Waals surface area contributed by atoms with E-state index in [0.29, 0.717) is 11.4 Å². The number of carbonyl (C=O) groups is 2. The monoisotopic (exact) mass is 299 g/mol. The molecule has 1 atom stereocenters. The highest BCUT2D eigenvalue weighted by Crippen LogP contribution is 2.26. The summed E-state index contributed by atoms with van der Waals surface area (Å²) >= 11 is 3.29. The van der Waals surface area contributed by atoms with Crippen molar-refractivity contribution in [1.29, 1.82) is 0 Å². The van der Waals surface area contributed by atoms with Gasteiger partial charge in [-0.25, -0.2) is 0 Å². The van der Waals surface area contributed by atoms with Crippen molar-refractivity contribution in [1.82, 2.24) is 0 Å². The Morgan fingerprint density at radius 1 is 1.29 bits per heavy atom. The maximum Gasteiger partial charge on any atom is 0.241 e. The minimum absolute atomic E-state index is 0.205. The van der Waals surface area contributed by atoms with E-state index >= 15 is 0 Å². The molecule has 1 aromatic carbocycles. The van der Waals surface area contributed by atoms with E-state index in [1.165, 1.54) is 6.92 Å². The molecule has 1 rings (SSSR count). The van der Waals surface area contributed by atoms with E-state index in [9.17, 15) is 9.59 Å². The van der Waals surface area contributed by atoms with Crippen LogP contribution in [-0.2, 0) is 9.59 Å². The Morgan fingerprint density at radius 2 is 1.94 bits per heavy atom. The Morgan fingerprint density at radius 3 is 2.47 bits per heavy atom. The molecule has 0 saturated carbocycles. The number of benzene rings is 1. The quantitative estimate of drug-likeness (QED) is 0.794. The van der Waals surface area contributed by atoms with Crippen LogP contribution < -0.4 is 16.4 Å². The number of hydrogen-bond acceptors (Lipinski definition) is 3. The number of anilines is 2. The van der Waals surface area contributed by atoms with E-state index in [1.54, 1.807) is 25.1 Å². The van der Waals surface area contributed by atoms with Gasteiger partial charge in [-0.2, -0.15) is 0 Å². The molecule has 1 aromatic rings. The highest BCUT2D eigenvalue weighted by atomic mass is 79.9. The largest absolute Gasteiger partial charge is 0.325 e. The van der Waals surface area contributed by atoms with Gasteiger partial charge in [0.1, 0.15) is 0 Å². The highest BCUT2D eigenvalue weighted by Gasteiger charge is 2.11. The molecule has 0 aliphatic rings. The number of nitrogens with two attached hydrogens (primary N) is 1. The molecular formula is C11H14BrN3O2. The van der Waals surface area contributed by atoms with Crippen LogP contribution in [0.3, 0.4) is 0 Å². The number of amides is 2. The van der Waals surface area contributed by atoms with Gasteiger partial charge in [0, 0.05) is 11.4 Å². The first-order valence-corrected chi connectivity index (χ1v) is 5.83. The molecule has 0 unspecified atom stereocenters. The molecule has 0 aromatic heterocycles. The average molecular weight is 300 g/mol. The van der Waals surface area contributed by atoms with Crippen molar-refractivity contribution in [2.75, 3.05) is 10.6 Å². The molecular weight excluding hydrogens is 286 g/mol. The summed E-state index contributed by atoms with van der Waals surface area (Å²) in [5.74, 6) is -0.515. The van der Waals surface area contributed by atoms with Gasteiger partial charge in [-0.3, -0.25) is 9.59 Å². The molecule has 17 heavy (non-hydrogen) atoms. The third kappa shape index (κ3) is 4.16. The van der Waals surface area contributed by atoms with Crippen LogP contribution in [-0.4, -0.2) is 17.9 Å². The lowest BCUT2D eigenvalue weighted by Crippen LogP contribution is -2.32. The summed E-state index contributed by atoms with van der Waals surface area (Å²) in [6, 6.07) is 4.56. The second-order valence-electron chi connectivity index (χ2n) is 3.65. The summed E-state index contributed by atoms with van der Waals surface area (Å²) in [7, 11) is 0. The third-order valence-corrected chi connectivity index (χ3v) is 2.46. The molecule has 0 bridgehead atoms. The average Bonchev–Trinajstić information content (AvgIpc) is 2.21. The lowest BCUT2D eigenvalue weighted by atomic mass is 10.2. The Labute approximate surface area is 108 Å². The molecule has 0 aliphatic heterocycles. The van der Waals surface area contributed by atoms with Crippen molar-refractivity contribution in [3.8, 4) is 0 Å². The van der Waals surface area contributed by atoms with Gasteiger partial charge in [0.2, 0.25) is 11.8 Å². The van der Waals surface area contributed by atoms with Crippen LogP contribution in [0.5, 0.6) is 0 Å². The highest BCUT2D eigenvalue weighted by molar-refractivity contribution is 9.10. The van der Waals surface area contributed by atoms with Gasteiger partial charge in [-0.15, -0.1) is 0 Å². The van der Waals surface area contributed by atoms with Crippen LogP contribution in [0.1, 0.15) is 13.8 Å². The van der Waals surface area contributed by atoms with E-state index < -0.39 is 6.04 Å². The predicted molar refractivity (Wildman–Crippen MR) is 70.7 cm³/mol. The first-order chi connectivity index (χ1) is 7.90. The molecule has 92 valence electrons. The zero-order chi connectivity index (χ0) is 13.0. The maximum atomic E-state index is 11.5. The summed E-state index contributed by atoms with van der Waals surface area (Å²) in [4.78, 5) is 22.5. The van der Waals surface area contributed by atoms with E-state index in [4.69, 9.17) is 5.73 Å². The minimum Gasteiger partial charge on any atom is -0.325 e.